The van der Waals surface area contributed by atoms with Crippen LogP contribution in [0, 0.1) is 41.4 Å². The van der Waals surface area contributed by atoms with Gasteiger partial charge in [0.2, 0.25) is 35.5 Å². The lowest BCUT2D eigenvalue weighted by Gasteiger charge is -2.22. The van der Waals surface area contributed by atoms with Gasteiger partial charge in [0, 0.05) is 50.3 Å². The number of benzene rings is 1. The molecule has 0 unspecified atom stereocenters. The Kier molecular flexibility index (Phi) is 39.5. The third-order valence-corrected chi connectivity index (χ3v) is 15.1. The molecule has 1 aromatic carbocycles. The number of nitrogens with one attached hydrogen (secondary N) is 8. The Morgan fingerprint density at radius 3 is 0.962 bits per heavy atom. The van der Waals surface area contributed by atoms with Crippen molar-refractivity contribution in [2.24, 2.45) is 41.4 Å². The Balaban J connectivity index is 1.75. The number of hydrogen-bond donors (Lipinski definition) is 9. The summed E-state index contributed by atoms with van der Waals surface area (Å²) in [6.45, 7) is 25.2. The summed E-state index contributed by atoms with van der Waals surface area (Å²) in [5.41, 5.74) is 7.41. The van der Waals surface area contributed by atoms with E-state index in [2.05, 4.69) is 46.9 Å². The van der Waals surface area contributed by atoms with Crippen LogP contribution >= 0.6 is 0 Å². The van der Waals surface area contributed by atoms with E-state index in [-0.39, 0.29) is 150 Å². The van der Waals surface area contributed by atoms with E-state index in [1.165, 1.54) is 0 Å². The van der Waals surface area contributed by atoms with Crippen LogP contribution in [0.15, 0.2) is 35.3 Å². The van der Waals surface area contributed by atoms with Gasteiger partial charge in [-0.05, 0) is 116 Å². The number of aromatic amines is 2. The van der Waals surface area contributed by atoms with Crippen LogP contribution in [-0.2, 0) is 104 Å². The van der Waals surface area contributed by atoms with E-state index in [0.29, 0.717) is 23.9 Å². The number of fused-ring (bicyclic) bond motifs is 1. The Labute approximate surface area is 608 Å². The molecule has 2 aromatic heterocycles. The van der Waals surface area contributed by atoms with Crippen LogP contribution in [0.1, 0.15) is 195 Å². The van der Waals surface area contributed by atoms with Crippen molar-refractivity contribution in [3.63, 3.8) is 0 Å². The van der Waals surface area contributed by atoms with E-state index in [0.717, 1.165) is 11.1 Å². The van der Waals surface area contributed by atoms with E-state index < -0.39 is 146 Å². The van der Waals surface area contributed by atoms with Gasteiger partial charge in [0.05, 0.1) is 51.6 Å². The van der Waals surface area contributed by atoms with Crippen LogP contribution < -0.4 is 43.2 Å². The standard InChI is InChI=1S/C73H112N10O21/c1-41(2)34-98-62(89)32-26-55(71(96)103-39-46(11)12)80-60(87)30-24-53(69(94)101-37-44(7)8)78-58(85)28-22-51(67(92)99-35-42(3)4)76-57(84)27-21-52(68(93)100-36-43(5)6)77-59(86)29-23-54(70(95)102-38-45(9)10)79-61(88)31-25-56(72(97)104-40-47(13)14)81-65(90)49-18-15-48(16-19-49)17-20-50-33-75-64-63(50)66(91)83-73(74)82-64/h15-16,18-19,33,41-47,51-56H,17,20-32,34-40H2,1-14H3,(H,76,84)(H,77,86)(H,78,85)(H,79,88)(H,80,87)(H,81,90)(H4,74,75,82,83,91)/t51-,52-,53-,54-,55-,56-/m0/s1. The Hall–Kier alpha value is -9.45. The van der Waals surface area contributed by atoms with Gasteiger partial charge in [0.1, 0.15) is 41.9 Å². The van der Waals surface area contributed by atoms with Crippen molar-refractivity contribution in [1.82, 2.24) is 46.9 Å². The van der Waals surface area contributed by atoms with Crippen molar-refractivity contribution >= 4 is 94.2 Å². The lowest BCUT2D eigenvalue weighted by molar-refractivity contribution is -0.151. The van der Waals surface area contributed by atoms with E-state index in [4.69, 9.17) is 38.9 Å². The highest BCUT2D eigenvalue weighted by molar-refractivity contribution is 5.97. The summed E-state index contributed by atoms with van der Waals surface area (Å²) in [7, 11) is 0. The zero-order valence-electron chi connectivity index (χ0n) is 62.8. The first-order chi connectivity index (χ1) is 49.0. The molecule has 0 bridgehead atoms. The quantitative estimate of drug-likeness (QED) is 0.0258. The Morgan fingerprint density at radius 1 is 0.385 bits per heavy atom. The monoisotopic (exact) mass is 1460 g/mol. The summed E-state index contributed by atoms with van der Waals surface area (Å²) in [5, 5.41) is 15.9. The second kappa shape index (κ2) is 46.3. The molecule has 0 spiro atoms. The van der Waals surface area contributed by atoms with Gasteiger partial charge in [-0.3, -0.25) is 43.3 Å². The van der Waals surface area contributed by atoms with Crippen LogP contribution in [0.5, 0.6) is 0 Å². The molecule has 0 aliphatic rings. The number of nitrogens with two attached hydrogens (primary N) is 1. The van der Waals surface area contributed by atoms with E-state index in [1.807, 2.05) is 41.5 Å². The number of nitrogens with zero attached hydrogens (tertiary/aromatic N) is 1. The summed E-state index contributed by atoms with van der Waals surface area (Å²) in [6, 6.07) is -1.75. The van der Waals surface area contributed by atoms with Crippen molar-refractivity contribution in [3.05, 3.63) is 57.5 Å². The van der Waals surface area contributed by atoms with Gasteiger partial charge in [-0.1, -0.05) is 109 Å². The molecule has 104 heavy (non-hydrogen) atoms. The first kappa shape index (κ1) is 88.8. The number of carbonyl (C=O) groups is 13. The molecule has 0 radical (unpaired) electrons. The normalized spacial score (nSPS) is 13.1. The highest BCUT2D eigenvalue weighted by atomic mass is 16.6. The van der Waals surface area contributed by atoms with Crippen LogP contribution in [0.4, 0.5) is 5.95 Å². The molecule has 2 heterocycles. The number of H-pyrrole nitrogens is 2. The zero-order valence-corrected chi connectivity index (χ0v) is 62.8. The van der Waals surface area contributed by atoms with Crippen LogP contribution in [0.2, 0.25) is 0 Å². The number of nitrogen functional groups attached to an aromatic ring is 1. The van der Waals surface area contributed by atoms with E-state index >= 15 is 0 Å². The molecule has 10 N–H and O–H groups in total. The van der Waals surface area contributed by atoms with Crippen molar-refractivity contribution < 1.29 is 95.5 Å². The summed E-state index contributed by atoms with van der Waals surface area (Å²) in [6.07, 6.45) is -1.71. The number of aryl methyl sites for hydroxylation is 2. The molecule has 31 heteroatoms. The molecule has 0 aliphatic carbocycles. The summed E-state index contributed by atoms with van der Waals surface area (Å²) in [5.74, 6) is -10.9. The summed E-state index contributed by atoms with van der Waals surface area (Å²) in [4.78, 5) is 198. The number of esters is 7. The fraction of sp³-hybridized carbons (Fsp3) is 0.658. The number of rotatable bonds is 48. The molecule has 3 rings (SSSR count). The van der Waals surface area contributed by atoms with Gasteiger partial charge in [0.25, 0.3) is 11.5 Å². The molecule has 31 nitrogen and oxygen atoms in total. The second-order valence-electron chi connectivity index (χ2n) is 28.8. The molecule has 0 fully saturated rings. The lowest BCUT2D eigenvalue weighted by Crippen LogP contribution is -2.47. The number of hydrogen-bond acceptors (Lipinski definition) is 23. The average Bonchev–Trinajstić information content (AvgIpc) is 1.65. The Morgan fingerprint density at radius 2 is 0.663 bits per heavy atom. The highest BCUT2D eigenvalue weighted by Crippen LogP contribution is 2.18. The van der Waals surface area contributed by atoms with Gasteiger partial charge in [-0.2, -0.15) is 4.98 Å². The van der Waals surface area contributed by atoms with Crippen LogP contribution in [0.25, 0.3) is 11.0 Å². The molecule has 0 saturated heterocycles. The van der Waals surface area contributed by atoms with E-state index in [1.54, 1.807) is 85.9 Å². The molecular formula is C73H112N10O21. The zero-order chi connectivity index (χ0) is 77.8. The van der Waals surface area contributed by atoms with Crippen LogP contribution in [-0.4, -0.2) is 175 Å². The average molecular weight is 1470 g/mol. The third-order valence-electron chi connectivity index (χ3n) is 15.1. The minimum Gasteiger partial charge on any atom is -0.465 e. The van der Waals surface area contributed by atoms with Crippen LogP contribution in [0.3, 0.4) is 0 Å². The maximum absolute atomic E-state index is 13.8. The second-order valence-corrected chi connectivity index (χ2v) is 28.8. The fourth-order valence-electron chi connectivity index (χ4n) is 9.55. The minimum absolute atomic E-state index is 0.00879. The summed E-state index contributed by atoms with van der Waals surface area (Å²) >= 11 is 0. The number of carbonyl (C=O) groups excluding carboxylic acids is 13. The smallest absolute Gasteiger partial charge is 0.328 e. The molecule has 580 valence electrons. The van der Waals surface area contributed by atoms with Crippen molar-refractivity contribution in [1.29, 1.82) is 0 Å². The topological polar surface area (TPSA) is 446 Å². The van der Waals surface area contributed by atoms with Crippen molar-refractivity contribution in [3.8, 4) is 0 Å². The third kappa shape index (κ3) is 35.6. The van der Waals surface area contributed by atoms with Gasteiger partial charge >= 0.3 is 41.8 Å². The van der Waals surface area contributed by atoms with E-state index in [9.17, 15) is 67.1 Å². The van der Waals surface area contributed by atoms with Gasteiger partial charge in [-0.15, -0.1) is 0 Å². The molecule has 6 amide bonds. The number of amides is 6. The Bertz CT molecular complexity index is 3380. The molecular weight excluding hydrogens is 1350 g/mol. The number of anilines is 1. The number of ether oxygens (including phenoxy) is 7. The molecule has 6 atom stereocenters. The van der Waals surface area contributed by atoms with Crippen molar-refractivity contribution in [2.75, 3.05) is 52.0 Å². The largest absolute Gasteiger partial charge is 0.465 e. The molecule has 0 aliphatic heterocycles. The summed E-state index contributed by atoms with van der Waals surface area (Å²) < 4.78 is 37.9. The predicted octanol–water partition coefficient (Wildman–Crippen LogP) is 5.22. The number of aromatic nitrogens is 3. The van der Waals surface area contributed by atoms with Gasteiger partial charge < -0.3 is 75.8 Å². The molecule has 3 aromatic rings. The first-order valence-electron chi connectivity index (χ1n) is 35.9. The maximum Gasteiger partial charge on any atom is 0.328 e. The van der Waals surface area contributed by atoms with Crippen molar-refractivity contribution in [2.45, 2.75) is 223 Å². The minimum atomic E-state index is -1.47. The lowest BCUT2D eigenvalue weighted by atomic mass is 10.0. The fourth-order valence-corrected chi connectivity index (χ4v) is 9.55. The highest BCUT2D eigenvalue weighted by Gasteiger charge is 2.33. The first-order valence-corrected chi connectivity index (χ1v) is 35.9. The SMILES string of the molecule is CC(C)COC(=O)CC[C@H](NC(=O)CC[C@H](NC(=O)CC[C@H](NC(=O)CC[C@H](NC(=O)CC[C@H](NC(=O)CC[C@H](NC(=O)c1ccc(CCc2c[nH]c3nc(N)[nH]c(=O)c23)cc1)C(=O)OCC(C)C)C(=O)OCC(C)C)C(=O)OCC(C)C)C(=O)OCC(C)C)C(=O)OCC(C)C)C(=O)OCC(C)C. The maximum atomic E-state index is 13.8. The van der Waals surface area contributed by atoms with Gasteiger partial charge in [-0.25, -0.2) is 28.8 Å². The van der Waals surface area contributed by atoms with Gasteiger partial charge in [0.15, 0.2) is 0 Å². The predicted molar refractivity (Wildman–Crippen MR) is 382 cm³/mol. The molecule has 0 saturated carbocycles.